The molecule has 2 N–H and O–H groups in total. The Labute approximate surface area is 86.4 Å². The van der Waals surface area contributed by atoms with Crippen molar-refractivity contribution in [3.8, 4) is 0 Å². The average molecular weight is 225 g/mol. The first-order chi connectivity index (χ1) is 5.65. The zero-order valence-corrected chi connectivity index (χ0v) is 8.55. The van der Waals surface area contributed by atoms with Gasteiger partial charge in [-0.2, -0.15) is 0 Å². The Bertz CT molecular complexity index is 263. The largest absolute Gasteiger partial charge is 0.396 e. The van der Waals surface area contributed by atoms with Gasteiger partial charge < -0.3 is 5.73 Å². The molecule has 1 rings (SSSR count). The van der Waals surface area contributed by atoms with Gasteiger partial charge in [0.05, 0.1) is 15.7 Å². The van der Waals surface area contributed by atoms with E-state index in [1.807, 2.05) is 0 Å². The molecule has 0 atom stereocenters. The maximum Gasteiger partial charge on any atom is 0.0693 e. The van der Waals surface area contributed by atoms with E-state index in [2.05, 4.69) is 0 Å². The number of rotatable bonds is 2. The second-order valence-electron chi connectivity index (χ2n) is 2.41. The summed E-state index contributed by atoms with van der Waals surface area (Å²) in [5.41, 5.74) is 6.99. The molecule has 0 amide bonds. The fourth-order valence-corrected chi connectivity index (χ4v) is 1.64. The number of alkyl halides is 1. The van der Waals surface area contributed by atoms with Crippen LogP contribution in [0.2, 0.25) is 10.0 Å². The molecule has 0 aliphatic heterocycles. The molecule has 0 bridgehead atoms. The molecular weight excluding hydrogens is 216 g/mol. The van der Waals surface area contributed by atoms with Crippen LogP contribution in [0.5, 0.6) is 0 Å². The molecule has 12 heavy (non-hydrogen) atoms. The van der Waals surface area contributed by atoms with Crippen molar-refractivity contribution in [3.05, 3.63) is 27.7 Å². The van der Waals surface area contributed by atoms with Crippen molar-refractivity contribution in [2.45, 2.75) is 6.42 Å². The van der Waals surface area contributed by atoms with Crippen LogP contribution in [0.15, 0.2) is 12.1 Å². The average Bonchev–Trinajstić information content (AvgIpc) is 2.01. The topological polar surface area (TPSA) is 26.0 Å². The number of halogens is 3. The summed E-state index contributed by atoms with van der Waals surface area (Å²) >= 11 is 17.2. The van der Waals surface area contributed by atoms with Gasteiger partial charge in [-0.25, -0.2) is 0 Å². The molecule has 0 saturated carbocycles. The van der Waals surface area contributed by atoms with Gasteiger partial charge >= 0.3 is 0 Å². The van der Waals surface area contributed by atoms with Crippen LogP contribution in [-0.2, 0) is 6.42 Å². The molecule has 0 radical (unpaired) electrons. The maximum absolute atomic E-state index is 5.80. The van der Waals surface area contributed by atoms with Gasteiger partial charge in [0, 0.05) is 5.88 Å². The Hall–Kier alpha value is -0.110. The number of anilines is 1. The van der Waals surface area contributed by atoms with E-state index in [0.29, 0.717) is 21.6 Å². The number of benzene rings is 1. The third kappa shape index (κ3) is 2.19. The van der Waals surface area contributed by atoms with Gasteiger partial charge in [0.1, 0.15) is 0 Å². The van der Waals surface area contributed by atoms with Gasteiger partial charge in [0.15, 0.2) is 0 Å². The molecule has 1 nitrogen and oxygen atoms in total. The minimum Gasteiger partial charge on any atom is -0.396 e. The van der Waals surface area contributed by atoms with Gasteiger partial charge in [-0.3, -0.25) is 0 Å². The minimum atomic E-state index is 0.427. The van der Waals surface area contributed by atoms with Crippen LogP contribution >= 0.6 is 34.8 Å². The zero-order chi connectivity index (χ0) is 9.14. The summed E-state index contributed by atoms with van der Waals surface area (Å²) < 4.78 is 0. The van der Waals surface area contributed by atoms with Gasteiger partial charge in [-0.05, 0) is 24.1 Å². The normalized spacial score (nSPS) is 10.2. The molecule has 1 aromatic carbocycles. The van der Waals surface area contributed by atoms with Gasteiger partial charge in [-0.15, -0.1) is 11.6 Å². The second-order valence-corrected chi connectivity index (χ2v) is 3.60. The van der Waals surface area contributed by atoms with Crippen molar-refractivity contribution in [2.24, 2.45) is 0 Å². The van der Waals surface area contributed by atoms with Crippen LogP contribution in [0, 0.1) is 0 Å². The number of hydrogen-bond acceptors (Lipinski definition) is 1. The highest BCUT2D eigenvalue weighted by molar-refractivity contribution is 6.38. The van der Waals surface area contributed by atoms with E-state index in [-0.39, 0.29) is 0 Å². The van der Waals surface area contributed by atoms with E-state index in [1.165, 1.54) is 0 Å². The zero-order valence-electron chi connectivity index (χ0n) is 6.28. The van der Waals surface area contributed by atoms with Crippen molar-refractivity contribution in [1.29, 1.82) is 0 Å². The molecule has 1 aromatic rings. The second kappa shape index (κ2) is 4.22. The summed E-state index contributed by atoms with van der Waals surface area (Å²) in [5.74, 6) is 0.552. The smallest absolute Gasteiger partial charge is 0.0693 e. The molecule has 0 spiro atoms. The summed E-state index contributed by atoms with van der Waals surface area (Å²) in [4.78, 5) is 0. The predicted octanol–water partition coefficient (Wildman–Crippen LogP) is 3.36. The molecular formula is C8H8Cl3N. The minimum absolute atomic E-state index is 0.427. The Morgan fingerprint density at radius 2 is 1.67 bits per heavy atom. The fraction of sp³-hybridized carbons (Fsp3) is 0.250. The first kappa shape index (κ1) is 9.97. The molecule has 0 unspecified atom stereocenters. The number of hydrogen-bond donors (Lipinski definition) is 1. The summed E-state index contributed by atoms with van der Waals surface area (Å²) in [6.45, 7) is 0. The Morgan fingerprint density at radius 3 is 2.08 bits per heavy atom. The van der Waals surface area contributed by atoms with E-state index in [0.717, 1.165) is 12.0 Å². The molecule has 66 valence electrons. The third-order valence-electron chi connectivity index (χ3n) is 1.52. The van der Waals surface area contributed by atoms with E-state index >= 15 is 0 Å². The van der Waals surface area contributed by atoms with Crippen LogP contribution in [0.1, 0.15) is 5.56 Å². The summed E-state index contributed by atoms with van der Waals surface area (Å²) in [5, 5.41) is 0.977. The molecule has 0 fully saturated rings. The van der Waals surface area contributed by atoms with Gasteiger partial charge in [0.25, 0.3) is 0 Å². The molecule has 4 heteroatoms. The van der Waals surface area contributed by atoms with Crippen molar-refractivity contribution in [1.82, 2.24) is 0 Å². The van der Waals surface area contributed by atoms with Crippen LogP contribution in [0.3, 0.4) is 0 Å². The van der Waals surface area contributed by atoms with Crippen LogP contribution in [-0.4, -0.2) is 5.88 Å². The first-order valence-corrected chi connectivity index (χ1v) is 4.73. The Kier molecular flexibility index (Phi) is 3.51. The van der Waals surface area contributed by atoms with Gasteiger partial charge in [0.2, 0.25) is 0 Å². The SMILES string of the molecule is Nc1c(Cl)cc(CCCl)cc1Cl. The standard InChI is InChI=1S/C8H8Cl3N/c9-2-1-5-3-6(10)8(12)7(11)4-5/h3-4H,1-2,12H2. The molecule has 0 aromatic heterocycles. The molecule has 0 heterocycles. The summed E-state index contributed by atoms with van der Waals surface area (Å²) in [7, 11) is 0. The molecule has 0 aliphatic carbocycles. The molecule has 0 saturated heterocycles. The monoisotopic (exact) mass is 223 g/mol. The highest BCUT2D eigenvalue weighted by atomic mass is 35.5. The van der Waals surface area contributed by atoms with Gasteiger partial charge in [-0.1, -0.05) is 23.2 Å². The number of aryl methyl sites for hydroxylation is 1. The lowest BCUT2D eigenvalue weighted by Gasteiger charge is -2.04. The van der Waals surface area contributed by atoms with Crippen LogP contribution in [0.25, 0.3) is 0 Å². The summed E-state index contributed by atoms with van der Waals surface area (Å²) in [6.07, 6.45) is 0.751. The van der Waals surface area contributed by atoms with Crippen molar-refractivity contribution < 1.29 is 0 Å². The maximum atomic E-state index is 5.80. The number of nitrogen functional groups attached to an aromatic ring is 1. The van der Waals surface area contributed by atoms with E-state index in [4.69, 9.17) is 40.5 Å². The Morgan fingerprint density at radius 1 is 1.17 bits per heavy atom. The molecule has 0 aliphatic rings. The quantitative estimate of drug-likeness (QED) is 0.605. The van der Waals surface area contributed by atoms with E-state index < -0.39 is 0 Å². The summed E-state index contributed by atoms with van der Waals surface area (Å²) in [6, 6.07) is 3.57. The first-order valence-electron chi connectivity index (χ1n) is 3.44. The lowest BCUT2D eigenvalue weighted by atomic mass is 10.1. The van der Waals surface area contributed by atoms with Crippen LogP contribution < -0.4 is 5.73 Å². The highest BCUT2D eigenvalue weighted by Crippen LogP contribution is 2.28. The van der Waals surface area contributed by atoms with Crippen molar-refractivity contribution in [3.63, 3.8) is 0 Å². The third-order valence-corrected chi connectivity index (χ3v) is 2.34. The predicted molar refractivity (Wildman–Crippen MR) is 55.3 cm³/mol. The lowest BCUT2D eigenvalue weighted by molar-refractivity contribution is 1.15. The highest BCUT2D eigenvalue weighted by Gasteiger charge is 2.03. The van der Waals surface area contributed by atoms with E-state index in [1.54, 1.807) is 12.1 Å². The van der Waals surface area contributed by atoms with Crippen molar-refractivity contribution >= 4 is 40.5 Å². The van der Waals surface area contributed by atoms with Crippen LogP contribution in [0.4, 0.5) is 5.69 Å². The van der Waals surface area contributed by atoms with Crippen molar-refractivity contribution in [2.75, 3.05) is 11.6 Å². The fourth-order valence-electron chi connectivity index (χ4n) is 0.890. The Balaban J connectivity index is 3.04. The van der Waals surface area contributed by atoms with E-state index in [9.17, 15) is 0 Å². The number of nitrogens with two attached hydrogens (primary N) is 1. The lowest BCUT2D eigenvalue weighted by Crippen LogP contribution is -1.92.